The van der Waals surface area contributed by atoms with Crippen LogP contribution in [0.3, 0.4) is 0 Å². The number of rotatable bonds is 6. The number of benzene rings is 2. The van der Waals surface area contributed by atoms with Gasteiger partial charge in [0.05, 0.1) is 15.1 Å². The van der Waals surface area contributed by atoms with E-state index < -0.39 is 27.6 Å². The lowest BCUT2D eigenvalue weighted by Gasteiger charge is -2.18. The van der Waals surface area contributed by atoms with E-state index in [9.17, 15) is 22.8 Å². The highest BCUT2D eigenvalue weighted by atomic mass is 32.2. The molecule has 2 aliphatic rings. The van der Waals surface area contributed by atoms with Gasteiger partial charge in [-0.3, -0.25) is 10.1 Å². The molecule has 1 spiro atoms. The summed E-state index contributed by atoms with van der Waals surface area (Å²) >= 11 is 1.28. The van der Waals surface area contributed by atoms with Gasteiger partial charge >= 0.3 is 12.1 Å². The Morgan fingerprint density at radius 3 is 2.64 bits per heavy atom. The molecule has 4 amide bonds. The maximum Gasteiger partial charge on any atom is 0.417 e. The van der Waals surface area contributed by atoms with Crippen LogP contribution < -0.4 is 10.6 Å². The third-order valence-corrected chi connectivity index (χ3v) is 8.42. The molecular formula is C24H24N4O6S2. The molecule has 2 fully saturated rings. The molecule has 36 heavy (non-hydrogen) atoms. The SMILES string of the molecule is CS(=O)(=O)c1cccc(-c2ccc3nc(NC(=O)NCCN4C(=O)OC5(CCCC5)C4=O)sc3c2)c1. The fourth-order valence-corrected chi connectivity index (χ4v) is 6.10. The number of hydrogen-bond donors (Lipinski definition) is 2. The number of nitrogens with one attached hydrogen (secondary N) is 2. The number of ether oxygens (including phenoxy) is 1. The zero-order valence-corrected chi connectivity index (χ0v) is 21.1. The Hall–Kier alpha value is -3.51. The van der Waals surface area contributed by atoms with E-state index in [2.05, 4.69) is 15.6 Å². The number of anilines is 1. The van der Waals surface area contributed by atoms with E-state index in [4.69, 9.17) is 4.74 Å². The van der Waals surface area contributed by atoms with Gasteiger partial charge in [-0.1, -0.05) is 29.5 Å². The molecule has 1 aromatic heterocycles. The van der Waals surface area contributed by atoms with Crippen LogP contribution in [-0.2, 0) is 19.4 Å². The Labute approximate surface area is 211 Å². The van der Waals surface area contributed by atoms with Gasteiger partial charge in [-0.15, -0.1) is 0 Å². The minimum absolute atomic E-state index is 0.0303. The van der Waals surface area contributed by atoms with E-state index in [-0.39, 0.29) is 23.9 Å². The van der Waals surface area contributed by atoms with Crippen molar-refractivity contribution in [2.24, 2.45) is 0 Å². The van der Waals surface area contributed by atoms with Crippen molar-refractivity contribution in [3.63, 3.8) is 0 Å². The predicted molar refractivity (Wildman–Crippen MR) is 135 cm³/mol. The van der Waals surface area contributed by atoms with Crippen LogP contribution in [-0.4, -0.2) is 61.3 Å². The van der Waals surface area contributed by atoms with Gasteiger partial charge in [0.2, 0.25) is 0 Å². The fraction of sp³-hybridized carbons (Fsp3) is 0.333. The first-order valence-electron chi connectivity index (χ1n) is 11.5. The quantitative estimate of drug-likeness (QED) is 0.497. The first-order chi connectivity index (χ1) is 17.1. The van der Waals surface area contributed by atoms with Crippen LogP contribution in [0.5, 0.6) is 0 Å². The van der Waals surface area contributed by atoms with Gasteiger partial charge in [0.25, 0.3) is 5.91 Å². The van der Waals surface area contributed by atoms with Crippen molar-refractivity contribution in [2.75, 3.05) is 24.7 Å². The highest BCUT2D eigenvalue weighted by Crippen LogP contribution is 2.39. The van der Waals surface area contributed by atoms with Crippen LogP contribution in [0.4, 0.5) is 14.7 Å². The summed E-state index contributed by atoms with van der Waals surface area (Å²) in [4.78, 5) is 42.8. The maximum absolute atomic E-state index is 12.6. The van der Waals surface area contributed by atoms with Crippen molar-refractivity contribution in [1.29, 1.82) is 0 Å². The van der Waals surface area contributed by atoms with E-state index in [0.717, 1.165) is 33.6 Å². The number of aromatic nitrogens is 1. The van der Waals surface area contributed by atoms with E-state index in [0.29, 0.717) is 23.5 Å². The summed E-state index contributed by atoms with van der Waals surface area (Å²) in [7, 11) is -3.32. The van der Waals surface area contributed by atoms with E-state index in [1.807, 2.05) is 18.2 Å². The van der Waals surface area contributed by atoms with Gasteiger partial charge in [-0.05, 0) is 61.1 Å². The number of sulfone groups is 1. The number of imide groups is 1. The summed E-state index contributed by atoms with van der Waals surface area (Å²) < 4.78 is 29.9. The lowest BCUT2D eigenvalue weighted by atomic mass is 10.0. The minimum atomic E-state index is -3.32. The van der Waals surface area contributed by atoms with Crippen molar-refractivity contribution >= 4 is 54.6 Å². The van der Waals surface area contributed by atoms with Crippen molar-refractivity contribution < 1.29 is 27.5 Å². The lowest BCUT2D eigenvalue weighted by molar-refractivity contribution is -0.136. The largest absolute Gasteiger partial charge is 0.432 e. The van der Waals surface area contributed by atoms with Gasteiger partial charge in [0, 0.05) is 19.3 Å². The lowest BCUT2D eigenvalue weighted by Crippen LogP contribution is -2.42. The normalized spacial score (nSPS) is 17.1. The Balaban J connectivity index is 1.21. The zero-order chi connectivity index (χ0) is 25.5. The Morgan fingerprint density at radius 1 is 1.14 bits per heavy atom. The highest BCUT2D eigenvalue weighted by molar-refractivity contribution is 7.90. The molecule has 1 aliphatic heterocycles. The molecule has 10 nitrogen and oxygen atoms in total. The molecule has 2 N–H and O–H groups in total. The molecule has 5 rings (SSSR count). The Morgan fingerprint density at radius 2 is 1.89 bits per heavy atom. The maximum atomic E-state index is 12.6. The van der Waals surface area contributed by atoms with Crippen molar-refractivity contribution in [3.8, 4) is 11.1 Å². The van der Waals surface area contributed by atoms with Crippen LogP contribution in [0.15, 0.2) is 47.4 Å². The van der Waals surface area contributed by atoms with E-state index in [1.54, 1.807) is 24.3 Å². The molecule has 0 bridgehead atoms. The molecule has 3 aromatic rings. The van der Waals surface area contributed by atoms with E-state index in [1.165, 1.54) is 17.6 Å². The summed E-state index contributed by atoms with van der Waals surface area (Å²) in [6, 6.07) is 11.7. The zero-order valence-electron chi connectivity index (χ0n) is 19.4. The van der Waals surface area contributed by atoms with Crippen LogP contribution in [0.25, 0.3) is 21.3 Å². The molecule has 0 atom stereocenters. The second kappa shape index (κ2) is 9.17. The molecule has 1 saturated heterocycles. The molecule has 1 saturated carbocycles. The van der Waals surface area contributed by atoms with Crippen molar-refractivity contribution in [1.82, 2.24) is 15.2 Å². The molecule has 2 heterocycles. The molecule has 0 radical (unpaired) electrons. The number of nitrogens with zero attached hydrogens (tertiary/aromatic N) is 2. The summed E-state index contributed by atoms with van der Waals surface area (Å²) in [6.07, 6.45) is 3.30. The summed E-state index contributed by atoms with van der Waals surface area (Å²) in [5.74, 6) is -0.323. The molecule has 1 aliphatic carbocycles. The van der Waals surface area contributed by atoms with Gasteiger partial charge in [-0.2, -0.15) is 0 Å². The minimum Gasteiger partial charge on any atom is -0.432 e. The third-order valence-electron chi connectivity index (χ3n) is 6.37. The fourth-order valence-electron chi connectivity index (χ4n) is 4.54. The number of urea groups is 1. The van der Waals surface area contributed by atoms with Gasteiger partial charge in [0.15, 0.2) is 20.6 Å². The number of hydrogen-bond acceptors (Lipinski definition) is 8. The number of fused-ring (bicyclic) bond motifs is 1. The number of thiazole rings is 1. The number of carbonyl (C=O) groups excluding carboxylic acids is 3. The average molecular weight is 529 g/mol. The number of carbonyl (C=O) groups is 3. The Bertz CT molecular complexity index is 1480. The standard InChI is InChI=1S/C24H24N4O6S2/c1-36(32,33)17-6-4-5-15(13-17)16-7-8-18-19(14-16)35-22(26-18)27-21(30)25-11-12-28-20(29)24(34-23(28)31)9-2-3-10-24/h4-8,13-14H,2-3,9-12H2,1H3,(H2,25,26,27,30). The van der Waals surface area contributed by atoms with Gasteiger partial charge in [-0.25, -0.2) is 27.9 Å². The molecule has 188 valence electrons. The first kappa shape index (κ1) is 24.2. The van der Waals surface area contributed by atoms with Gasteiger partial charge in [0.1, 0.15) is 0 Å². The second-order valence-electron chi connectivity index (χ2n) is 8.91. The third kappa shape index (κ3) is 4.65. The van der Waals surface area contributed by atoms with Crippen LogP contribution in [0.2, 0.25) is 0 Å². The van der Waals surface area contributed by atoms with Gasteiger partial charge < -0.3 is 10.1 Å². The molecule has 0 unspecified atom stereocenters. The van der Waals surface area contributed by atoms with Crippen molar-refractivity contribution in [3.05, 3.63) is 42.5 Å². The molecule has 12 heteroatoms. The van der Waals surface area contributed by atoms with E-state index >= 15 is 0 Å². The summed E-state index contributed by atoms with van der Waals surface area (Å²) in [5, 5.41) is 5.69. The predicted octanol–water partition coefficient (Wildman–Crippen LogP) is 3.78. The van der Waals surface area contributed by atoms with Crippen LogP contribution >= 0.6 is 11.3 Å². The Kier molecular flexibility index (Phi) is 6.17. The molecule has 2 aromatic carbocycles. The average Bonchev–Trinajstić information content (AvgIpc) is 3.52. The highest BCUT2D eigenvalue weighted by Gasteiger charge is 2.54. The first-order valence-corrected chi connectivity index (χ1v) is 14.2. The monoisotopic (exact) mass is 528 g/mol. The number of amides is 4. The van der Waals surface area contributed by atoms with Crippen LogP contribution in [0.1, 0.15) is 25.7 Å². The summed E-state index contributed by atoms with van der Waals surface area (Å²) in [5.41, 5.74) is 1.26. The smallest absolute Gasteiger partial charge is 0.417 e. The second-order valence-corrected chi connectivity index (χ2v) is 12.0. The summed E-state index contributed by atoms with van der Waals surface area (Å²) in [6.45, 7) is 0.108. The topological polar surface area (TPSA) is 135 Å². The molecular weight excluding hydrogens is 504 g/mol. The van der Waals surface area contributed by atoms with Crippen molar-refractivity contribution in [2.45, 2.75) is 36.2 Å². The van der Waals surface area contributed by atoms with Crippen LogP contribution in [0, 0.1) is 0 Å².